The molecule has 1 atom stereocenters. The van der Waals surface area contributed by atoms with Gasteiger partial charge in [0.15, 0.2) is 0 Å². The zero-order valence-corrected chi connectivity index (χ0v) is 9.68. The summed E-state index contributed by atoms with van der Waals surface area (Å²) in [6.45, 7) is 5.43. The van der Waals surface area contributed by atoms with Crippen LogP contribution in [0.15, 0.2) is 29.4 Å². The SMILES string of the molecule is CCNC(CC)CSc1ccncc1. The van der Waals surface area contributed by atoms with Crippen molar-refractivity contribution in [3.63, 3.8) is 0 Å². The smallest absolute Gasteiger partial charge is 0.0278 e. The largest absolute Gasteiger partial charge is 0.313 e. The van der Waals surface area contributed by atoms with Crippen LogP contribution in [0.5, 0.6) is 0 Å². The highest BCUT2D eigenvalue weighted by Crippen LogP contribution is 2.17. The predicted molar refractivity (Wildman–Crippen MR) is 62.7 cm³/mol. The van der Waals surface area contributed by atoms with E-state index in [-0.39, 0.29) is 0 Å². The van der Waals surface area contributed by atoms with E-state index in [1.54, 1.807) is 0 Å². The van der Waals surface area contributed by atoms with Crippen molar-refractivity contribution in [1.82, 2.24) is 10.3 Å². The fraction of sp³-hybridized carbons (Fsp3) is 0.545. The van der Waals surface area contributed by atoms with Gasteiger partial charge in [-0.05, 0) is 25.1 Å². The first-order chi connectivity index (χ1) is 6.86. The van der Waals surface area contributed by atoms with Gasteiger partial charge in [0.1, 0.15) is 0 Å². The molecule has 0 fully saturated rings. The maximum Gasteiger partial charge on any atom is 0.0278 e. The zero-order valence-electron chi connectivity index (χ0n) is 8.86. The second-order valence-electron chi connectivity index (χ2n) is 3.16. The number of hydrogen-bond acceptors (Lipinski definition) is 3. The second kappa shape index (κ2) is 6.85. The summed E-state index contributed by atoms with van der Waals surface area (Å²) in [6, 6.07) is 4.74. The van der Waals surface area contributed by atoms with Crippen LogP contribution in [0.4, 0.5) is 0 Å². The zero-order chi connectivity index (χ0) is 10.2. The van der Waals surface area contributed by atoms with Crippen LogP contribution in [0, 0.1) is 0 Å². The number of thioether (sulfide) groups is 1. The third-order valence-corrected chi connectivity index (χ3v) is 3.26. The first-order valence-corrected chi connectivity index (χ1v) is 6.11. The van der Waals surface area contributed by atoms with Crippen molar-refractivity contribution in [1.29, 1.82) is 0 Å². The molecule has 1 aromatic heterocycles. The molecule has 0 aromatic carbocycles. The lowest BCUT2D eigenvalue weighted by Crippen LogP contribution is -2.30. The van der Waals surface area contributed by atoms with E-state index in [2.05, 4.69) is 36.3 Å². The molecule has 0 aliphatic carbocycles. The van der Waals surface area contributed by atoms with Crippen molar-refractivity contribution >= 4 is 11.8 Å². The van der Waals surface area contributed by atoms with Gasteiger partial charge >= 0.3 is 0 Å². The summed E-state index contributed by atoms with van der Waals surface area (Å²) in [4.78, 5) is 5.30. The van der Waals surface area contributed by atoms with Crippen molar-refractivity contribution in [2.75, 3.05) is 12.3 Å². The van der Waals surface area contributed by atoms with Crippen molar-refractivity contribution in [2.45, 2.75) is 31.2 Å². The fourth-order valence-corrected chi connectivity index (χ4v) is 2.30. The average molecular weight is 210 g/mol. The molecule has 0 spiro atoms. The molecule has 0 saturated heterocycles. The lowest BCUT2D eigenvalue weighted by Gasteiger charge is -2.14. The van der Waals surface area contributed by atoms with Gasteiger partial charge in [0, 0.05) is 29.1 Å². The molecule has 1 aromatic rings. The summed E-state index contributed by atoms with van der Waals surface area (Å²) in [5.41, 5.74) is 0. The number of pyridine rings is 1. The van der Waals surface area contributed by atoms with E-state index in [0.29, 0.717) is 6.04 Å². The molecule has 0 aliphatic rings. The minimum atomic E-state index is 0.623. The van der Waals surface area contributed by atoms with Crippen LogP contribution in [0.3, 0.4) is 0 Å². The molecule has 0 bridgehead atoms. The number of hydrogen-bond donors (Lipinski definition) is 1. The Morgan fingerprint density at radius 3 is 2.64 bits per heavy atom. The average Bonchev–Trinajstić information content (AvgIpc) is 2.25. The molecule has 0 aliphatic heterocycles. The third-order valence-electron chi connectivity index (χ3n) is 2.09. The Kier molecular flexibility index (Phi) is 5.64. The number of nitrogens with one attached hydrogen (secondary N) is 1. The predicted octanol–water partition coefficient (Wildman–Crippen LogP) is 2.56. The van der Waals surface area contributed by atoms with Gasteiger partial charge in [-0.25, -0.2) is 0 Å². The highest BCUT2D eigenvalue weighted by molar-refractivity contribution is 7.99. The first kappa shape index (κ1) is 11.5. The lowest BCUT2D eigenvalue weighted by atomic mass is 10.2. The maximum absolute atomic E-state index is 4.00. The molecule has 1 rings (SSSR count). The molecule has 3 heteroatoms. The summed E-state index contributed by atoms with van der Waals surface area (Å²) in [6.07, 6.45) is 4.87. The van der Waals surface area contributed by atoms with Gasteiger partial charge < -0.3 is 5.32 Å². The monoisotopic (exact) mass is 210 g/mol. The van der Waals surface area contributed by atoms with Crippen LogP contribution in [-0.2, 0) is 0 Å². The quantitative estimate of drug-likeness (QED) is 0.730. The molecular weight excluding hydrogens is 192 g/mol. The van der Waals surface area contributed by atoms with E-state index in [1.165, 1.54) is 11.3 Å². The molecule has 0 saturated carbocycles. The standard InChI is InChI=1S/C11H18N2S/c1-3-10(13-4-2)9-14-11-5-7-12-8-6-11/h5-8,10,13H,3-4,9H2,1-2H3. The van der Waals surface area contributed by atoms with E-state index in [0.717, 1.165) is 12.3 Å². The molecule has 78 valence electrons. The first-order valence-electron chi connectivity index (χ1n) is 5.13. The van der Waals surface area contributed by atoms with E-state index >= 15 is 0 Å². The molecule has 1 N–H and O–H groups in total. The summed E-state index contributed by atoms with van der Waals surface area (Å²) >= 11 is 1.89. The van der Waals surface area contributed by atoms with E-state index < -0.39 is 0 Å². The van der Waals surface area contributed by atoms with Gasteiger partial charge in [-0.3, -0.25) is 4.98 Å². The Hall–Kier alpha value is -0.540. The number of rotatable bonds is 6. The van der Waals surface area contributed by atoms with Gasteiger partial charge in [0.25, 0.3) is 0 Å². The van der Waals surface area contributed by atoms with Gasteiger partial charge in [-0.2, -0.15) is 0 Å². The van der Waals surface area contributed by atoms with Crippen molar-refractivity contribution in [2.24, 2.45) is 0 Å². The lowest BCUT2D eigenvalue weighted by molar-refractivity contribution is 0.560. The molecular formula is C11H18N2S. The Bertz CT molecular complexity index is 238. The molecule has 0 radical (unpaired) electrons. The molecule has 2 nitrogen and oxygen atoms in total. The summed E-state index contributed by atoms with van der Waals surface area (Å²) < 4.78 is 0. The molecule has 1 unspecified atom stereocenters. The van der Waals surface area contributed by atoms with Gasteiger partial charge in [-0.15, -0.1) is 11.8 Å². The second-order valence-corrected chi connectivity index (χ2v) is 4.25. The van der Waals surface area contributed by atoms with E-state index in [4.69, 9.17) is 0 Å². The molecule has 0 amide bonds. The number of aromatic nitrogens is 1. The number of nitrogens with zero attached hydrogens (tertiary/aromatic N) is 1. The van der Waals surface area contributed by atoms with Crippen LogP contribution >= 0.6 is 11.8 Å². The Balaban J connectivity index is 2.32. The van der Waals surface area contributed by atoms with Gasteiger partial charge in [-0.1, -0.05) is 13.8 Å². The van der Waals surface area contributed by atoms with Gasteiger partial charge in [0.2, 0.25) is 0 Å². The summed E-state index contributed by atoms with van der Waals surface area (Å²) in [5, 5.41) is 3.47. The van der Waals surface area contributed by atoms with Crippen LogP contribution in [0.25, 0.3) is 0 Å². The highest BCUT2D eigenvalue weighted by Gasteiger charge is 2.04. The van der Waals surface area contributed by atoms with Crippen LogP contribution in [0.1, 0.15) is 20.3 Å². The minimum Gasteiger partial charge on any atom is -0.313 e. The molecule has 14 heavy (non-hydrogen) atoms. The van der Waals surface area contributed by atoms with Crippen molar-refractivity contribution < 1.29 is 0 Å². The Morgan fingerprint density at radius 1 is 1.36 bits per heavy atom. The normalized spacial score (nSPS) is 12.7. The van der Waals surface area contributed by atoms with Crippen LogP contribution < -0.4 is 5.32 Å². The third kappa shape index (κ3) is 4.11. The Labute approximate surface area is 90.5 Å². The van der Waals surface area contributed by atoms with Crippen molar-refractivity contribution in [3.05, 3.63) is 24.5 Å². The Morgan fingerprint density at radius 2 is 2.07 bits per heavy atom. The molecule has 1 heterocycles. The summed E-state index contributed by atoms with van der Waals surface area (Å²) in [5.74, 6) is 1.13. The summed E-state index contributed by atoms with van der Waals surface area (Å²) in [7, 11) is 0. The van der Waals surface area contributed by atoms with Crippen LogP contribution in [-0.4, -0.2) is 23.3 Å². The maximum atomic E-state index is 4.00. The van der Waals surface area contributed by atoms with Gasteiger partial charge in [0.05, 0.1) is 0 Å². The van der Waals surface area contributed by atoms with E-state index in [1.807, 2.05) is 24.2 Å². The van der Waals surface area contributed by atoms with Crippen LogP contribution in [0.2, 0.25) is 0 Å². The highest BCUT2D eigenvalue weighted by atomic mass is 32.2. The minimum absolute atomic E-state index is 0.623. The topological polar surface area (TPSA) is 24.9 Å². The van der Waals surface area contributed by atoms with E-state index in [9.17, 15) is 0 Å². The van der Waals surface area contributed by atoms with Crippen molar-refractivity contribution in [3.8, 4) is 0 Å². The fourth-order valence-electron chi connectivity index (χ4n) is 1.24.